The minimum Gasteiger partial charge on any atom is -0.390 e. The van der Waals surface area contributed by atoms with Crippen molar-refractivity contribution in [1.82, 2.24) is 4.90 Å². The van der Waals surface area contributed by atoms with Crippen molar-refractivity contribution in [1.29, 1.82) is 0 Å². The molecule has 1 aliphatic heterocycles. The number of hydrogen-bond donors (Lipinski definition) is 1. The molecule has 0 aromatic rings. The summed E-state index contributed by atoms with van der Waals surface area (Å²) in [6.07, 6.45) is 2.95. The molecule has 1 fully saturated rings. The largest absolute Gasteiger partial charge is 0.390 e. The number of likely N-dealkylation sites (tertiary alicyclic amines) is 1. The van der Waals surface area contributed by atoms with Gasteiger partial charge in [-0.25, -0.2) is 8.42 Å². The molecular weight excluding hydrogens is 202 g/mol. The summed E-state index contributed by atoms with van der Waals surface area (Å²) in [4.78, 5) is 2.15. The number of aliphatic hydroxyl groups is 1. The molecule has 5 heteroatoms. The Hall–Kier alpha value is -0.130. The summed E-state index contributed by atoms with van der Waals surface area (Å²) in [6.45, 7) is 1.69. The van der Waals surface area contributed by atoms with Gasteiger partial charge in [0.15, 0.2) is 0 Å². The van der Waals surface area contributed by atoms with Gasteiger partial charge in [-0.3, -0.25) is 0 Å². The number of hydrogen-bond acceptors (Lipinski definition) is 4. The van der Waals surface area contributed by atoms with Gasteiger partial charge in [0, 0.05) is 19.3 Å². The summed E-state index contributed by atoms with van der Waals surface area (Å²) < 4.78 is 21.9. The van der Waals surface area contributed by atoms with E-state index in [0.29, 0.717) is 19.3 Å². The maximum atomic E-state index is 11.0. The number of piperidine rings is 1. The van der Waals surface area contributed by atoms with Crippen LogP contribution in [0.15, 0.2) is 0 Å². The molecule has 1 heterocycles. The van der Waals surface area contributed by atoms with Crippen molar-refractivity contribution in [2.75, 3.05) is 32.1 Å². The highest BCUT2D eigenvalue weighted by Gasteiger charge is 2.31. The molecule has 0 spiro atoms. The van der Waals surface area contributed by atoms with E-state index in [2.05, 4.69) is 4.90 Å². The van der Waals surface area contributed by atoms with Crippen LogP contribution in [0.25, 0.3) is 0 Å². The van der Waals surface area contributed by atoms with Crippen molar-refractivity contribution < 1.29 is 13.5 Å². The average Bonchev–Trinajstić information content (AvgIpc) is 2.07. The Labute approximate surface area is 85.8 Å². The molecule has 0 unspecified atom stereocenters. The Morgan fingerprint density at radius 1 is 1.36 bits per heavy atom. The fraction of sp³-hybridized carbons (Fsp3) is 1.00. The molecule has 0 aliphatic carbocycles. The summed E-state index contributed by atoms with van der Waals surface area (Å²) in [7, 11) is -0.939. The summed E-state index contributed by atoms with van der Waals surface area (Å²) in [6, 6.07) is 0. The Kier molecular flexibility index (Phi) is 3.55. The zero-order valence-corrected chi connectivity index (χ0v) is 9.68. The van der Waals surface area contributed by atoms with E-state index in [0.717, 1.165) is 13.1 Å². The first kappa shape index (κ1) is 11.9. The van der Waals surface area contributed by atoms with Gasteiger partial charge >= 0.3 is 0 Å². The number of sulfone groups is 1. The molecule has 1 saturated heterocycles. The molecule has 0 aromatic heterocycles. The third-order valence-corrected chi connectivity index (χ3v) is 3.80. The Bertz CT molecular complexity index is 278. The minimum absolute atomic E-state index is 0.0905. The Morgan fingerprint density at radius 2 is 1.86 bits per heavy atom. The molecule has 0 aromatic carbocycles. The molecule has 1 rings (SSSR count). The lowest BCUT2D eigenvalue weighted by Crippen LogP contribution is -2.43. The highest BCUT2D eigenvalue weighted by atomic mass is 32.2. The molecule has 0 atom stereocenters. The lowest BCUT2D eigenvalue weighted by Gasteiger charge is -2.36. The first-order chi connectivity index (χ1) is 6.31. The van der Waals surface area contributed by atoms with E-state index < -0.39 is 15.4 Å². The van der Waals surface area contributed by atoms with E-state index in [1.54, 1.807) is 0 Å². The lowest BCUT2D eigenvalue weighted by atomic mass is 9.89. The van der Waals surface area contributed by atoms with Crippen LogP contribution in [-0.2, 0) is 9.84 Å². The van der Waals surface area contributed by atoms with Crippen molar-refractivity contribution in [3.05, 3.63) is 0 Å². The van der Waals surface area contributed by atoms with Crippen LogP contribution in [0.4, 0.5) is 0 Å². The maximum absolute atomic E-state index is 11.0. The van der Waals surface area contributed by atoms with Crippen LogP contribution in [0.5, 0.6) is 0 Å². The van der Waals surface area contributed by atoms with Gasteiger partial charge in [0.25, 0.3) is 0 Å². The molecule has 0 saturated carbocycles. The second kappa shape index (κ2) is 4.16. The zero-order valence-electron chi connectivity index (χ0n) is 8.86. The highest BCUT2D eigenvalue weighted by Crippen LogP contribution is 2.25. The van der Waals surface area contributed by atoms with Gasteiger partial charge in [0.05, 0.1) is 11.4 Å². The van der Waals surface area contributed by atoms with E-state index in [-0.39, 0.29) is 5.75 Å². The molecule has 1 N–H and O–H groups in total. The second-order valence-electron chi connectivity index (χ2n) is 4.41. The summed E-state index contributed by atoms with van der Waals surface area (Å²) in [5, 5.41) is 10.1. The molecular formula is C9H19NO3S. The summed E-state index contributed by atoms with van der Waals surface area (Å²) in [5.74, 6) is 0.0905. The predicted molar refractivity (Wildman–Crippen MR) is 56.0 cm³/mol. The van der Waals surface area contributed by atoms with Crippen LogP contribution in [0.3, 0.4) is 0 Å². The van der Waals surface area contributed by atoms with Crippen molar-refractivity contribution in [3.63, 3.8) is 0 Å². The van der Waals surface area contributed by atoms with Gasteiger partial charge in [0.2, 0.25) is 0 Å². The van der Waals surface area contributed by atoms with Gasteiger partial charge in [-0.15, -0.1) is 0 Å². The third kappa shape index (κ3) is 3.94. The van der Waals surface area contributed by atoms with Crippen LogP contribution < -0.4 is 0 Å². The van der Waals surface area contributed by atoms with Crippen LogP contribution in [0, 0.1) is 0 Å². The molecule has 0 amide bonds. The van der Waals surface area contributed by atoms with Gasteiger partial charge < -0.3 is 10.0 Å². The molecule has 84 valence electrons. The maximum Gasteiger partial charge on any atom is 0.147 e. The van der Waals surface area contributed by atoms with Crippen molar-refractivity contribution in [2.45, 2.75) is 24.9 Å². The average molecular weight is 221 g/mol. The van der Waals surface area contributed by atoms with Crippen LogP contribution in [0.1, 0.15) is 19.3 Å². The van der Waals surface area contributed by atoms with Crippen LogP contribution in [-0.4, -0.2) is 56.2 Å². The second-order valence-corrected chi connectivity index (χ2v) is 6.67. The standard InChI is InChI=1S/C9H19NO3S/c1-10-6-3-9(11,4-7-10)5-8-14(2,12)13/h11H,3-8H2,1-2H3. The number of rotatable bonds is 3. The zero-order chi connectivity index (χ0) is 10.8. The SMILES string of the molecule is CN1CCC(O)(CCS(C)(=O)=O)CC1. The van der Waals surface area contributed by atoms with E-state index in [1.807, 2.05) is 7.05 Å². The summed E-state index contributed by atoms with van der Waals surface area (Å²) in [5.41, 5.74) is -0.754. The van der Waals surface area contributed by atoms with E-state index >= 15 is 0 Å². The molecule has 1 aliphatic rings. The van der Waals surface area contributed by atoms with E-state index in [1.165, 1.54) is 6.26 Å². The summed E-state index contributed by atoms with van der Waals surface area (Å²) >= 11 is 0. The van der Waals surface area contributed by atoms with Gasteiger partial charge in [-0.05, 0) is 26.3 Å². The Balaban J connectivity index is 2.43. The molecule has 14 heavy (non-hydrogen) atoms. The normalized spacial score (nSPS) is 23.6. The molecule has 0 bridgehead atoms. The fourth-order valence-corrected chi connectivity index (χ4v) is 2.41. The molecule has 4 nitrogen and oxygen atoms in total. The van der Waals surface area contributed by atoms with Gasteiger partial charge in [-0.2, -0.15) is 0 Å². The highest BCUT2D eigenvalue weighted by molar-refractivity contribution is 7.90. The van der Waals surface area contributed by atoms with Crippen LogP contribution >= 0.6 is 0 Å². The minimum atomic E-state index is -2.95. The topological polar surface area (TPSA) is 57.6 Å². The Morgan fingerprint density at radius 3 is 2.29 bits per heavy atom. The van der Waals surface area contributed by atoms with Crippen molar-refractivity contribution in [3.8, 4) is 0 Å². The van der Waals surface area contributed by atoms with Crippen LogP contribution in [0.2, 0.25) is 0 Å². The van der Waals surface area contributed by atoms with Crippen molar-refractivity contribution in [2.24, 2.45) is 0 Å². The fourth-order valence-electron chi connectivity index (χ4n) is 1.66. The first-order valence-electron chi connectivity index (χ1n) is 4.89. The lowest BCUT2D eigenvalue weighted by molar-refractivity contribution is -0.0177. The van der Waals surface area contributed by atoms with E-state index in [9.17, 15) is 13.5 Å². The van der Waals surface area contributed by atoms with Gasteiger partial charge in [-0.1, -0.05) is 0 Å². The van der Waals surface area contributed by atoms with E-state index in [4.69, 9.17) is 0 Å². The number of nitrogens with zero attached hydrogens (tertiary/aromatic N) is 1. The molecule has 0 radical (unpaired) electrons. The predicted octanol–water partition coefficient (Wildman–Crippen LogP) is -0.122. The van der Waals surface area contributed by atoms with Crippen molar-refractivity contribution >= 4 is 9.84 Å². The monoisotopic (exact) mass is 221 g/mol. The first-order valence-corrected chi connectivity index (χ1v) is 6.95. The van der Waals surface area contributed by atoms with Gasteiger partial charge in [0.1, 0.15) is 9.84 Å². The third-order valence-electron chi connectivity index (χ3n) is 2.86. The quantitative estimate of drug-likeness (QED) is 0.722. The smallest absolute Gasteiger partial charge is 0.147 e.